The zero-order valence-corrected chi connectivity index (χ0v) is 19.3. The number of nitrogens with zero attached hydrogens (tertiary/aromatic N) is 1. The molecule has 4 rings (SSSR count). The average molecular weight is 456 g/mol. The van der Waals surface area contributed by atoms with Gasteiger partial charge < -0.3 is 9.47 Å². The molecule has 0 N–H and O–H groups in total. The van der Waals surface area contributed by atoms with Gasteiger partial charge in [-0.25, -0.2) is 8.42 Å². The molecule has 1 aliphatic carbocycles. The minimum atomic E-state index is -3.79. The molecule has 1 aliphatic heterocycles. The molecule has 0 saturated carbocycles. The molecule has 0 amide bonds. The van der Waals surface area contributed by atoms with Gasteiger partial charge in [0.1, 0.15) is 0 Å². The second-order valence-corrected chi connectivity index (χ2v) is 10.1. The van der Waals surface area contributed by atoms with E-state index in [9.17, 15) is 18.0 Å². The monoisotopic (exact) mass is 455 g/mol. The summed E-state index contributed by atoms with van der Waals surface area (Å²) in [6, 6.07) is 10.3. The second-order valence-electron chi connectivity index (χ2n) is 8.26. The number of allylic oxidation sites excluding steroid dienone is 1. The first-order chi connectivity index (χ1) is 15.2. The fourth-order valence-electron chi connectivity index (χ4n) is 4.53. The highest BCUT2D eigenvalue weighted by Gasteiger charge is 2.51. The summed E-state index contributed by atoms with van der Waals surface area (Å²) in [5, 5.41) is 0. The van der Waals surface area contributed by atoms with Gasteiger partial charge in [0.05, 0.1) is 31.3 Å². The van der Waals surface area contributed by atoms with Crippen molar-refractivity contribution in [2.45, 2.75) is 31.6 Å². The normalized spacial score (nSPS) is 16.6. The number of rotatable bonds is 4. The SMILES string of the molecule is COC(=O)C1(C(=O)OC)CC=C2CN(S(=O)(=O)c3ccc(C)cc3)c3ccc(C)c(c32)C1. The average Bonchev–Trinajstić information content (AvgIpc) is 3.07. The molecule has 2 aromatic rings. The molecule has 0 radical (unpaired) electrons. The topological polar surface area (TPSA) is 90.0 Å². The Bertz CT molecular complexity index is 1230. The predicted octanol–water partition coefficient (Wildman–Crippen LogP) is 3.17. The van der Waals surface area contributed by atoms with Crippen LogP contribution in [0.25, 0.3) is 5.57 Å². The molecule has 2 aliphatic rings. The van der Waals surface area contributed by atoms with Crippen LogP contribution < -0.4 is 4.31 Å². The Kier molecular flexibility index (Phi) is 5.36. The lowest BCUT2D eigenvalue weighted by molar-refractivity contribution is -0.168. The molecule has 0 fully saturated rings. The first-order valence-electron chi connectivity index (χ1n) is 10.2. The maximum absolute atomic E-state index is 13.5. The van der Waals surface area contributed by atoms with Crippen LogP contribution in [0.15, 0.2) is 47.4 Å². The van der Waals surface area contributed by atoms with Gasteiger partial charge in [-0.1, -0.05) is 29.8 Å². The van der Waals surface area contributed by atoms with Gasteiger partial charge in [0.2, 0.25) is 0 Å². The number of benzene rings is 2. The lowest BCUT2D eigenvalue weighted by Gasteiger charge is -2.28. The Morgan fingerprint density at radius 1 is 0.969 bits per heavy atom. The van der Waals surface area contributed by atoms with E-state index in [-0.39, 0.29) is 24.3 Å². The van der Waals surface area contributed by atoms with Crippen LogP contribution in [0.3, 0.4) is 0 Å². The fraction of sp³-hybridized carbons (Fsp3) is 0.333. The maximum atomic E-state index is 13.5. The quantitative estimate of drug-likeness (QED) is 0.520. The van der Waals surface area contributed by atoms with Gasteiger partial charge in [-0.05, 0) is 55.2 Å². The van der Waals surface area contributed by atoms with Gasteiger partial charge in [-0.2, -0.15) is 0 Å². The van der Waals surface area contributed by atoms with Crippen molar-refractivity contribution in [1.82, 2.24) is 0 Å². The van der Waals surface area contributed by atoms with E-state index >= 15 is 0 Å². The van der Waals surface area contributed by atoms with Gasteiger partial charge in [-0.15, -0.1) is 0 Å². The molecule has 0 atom stereocenters. The summed E-state index contributed by atoms with van der Waals surface area (Å²) in [6.45, 7) is 3.91. The fourth-order valence-corrected chi connectivity index (χ4v) is 5.98. The molecule has 0 bridgehead atoms. The highest BCUT2D eigenvalue weighted by molar-refractivity contribution is 7.92. The number of aryl methyl sites for hydroxylation is 2. The van der Waals surface area contributed by atoms with Crippen LogP contribution in [0.2, 0.25) is 0 Å². The predicted molar refractivity (Wildman–Crippen MR) is 120 cm³/mol. The van der Waals surface area contributed by atoms with Gasteiger partial charge in [-0.3, -0.25) is 13.9 Å². The third-order valence-electron chi connectivity index (χ3n) is 6.37. The Hall–Kier alpha value is -3.13. The van der Waals surface area contributed by atoms with Crippen molar-refractivity contribution in [3.8, 4) is 0 Å². The van der Waals surface area contributed by atoms with Crippen LogP contribution in [0.1, 0.15) is 28.7 Å². The molecule has 1 heterocycles. The van der Waals surface area contributed by atoms with E-state index in [2.05, 4.69) is 0 Å². The number of methoxy groups -OCH3 is 2. The summed E-state index contributed by atoms with van der Waals surface area (Å²) >= 11 is 0. The van der Waals surface area contributed by atoms with Gasteiger partial charge >= 0.3 is 11.9 Å². The summed E-state index contributed by atoms with van der Waals surface area (Å²) < 4.78 is 38.3. The summed E-state index contributed by atoms with van der Waals surface area (Å²) in [7, 11) is -1.30. The lowest BCUT2D eigenvalue weighted by atomic mass is 9.78. The Balaban J connectivity index is 1.87. The lowest BCUT2D eigenvalue weighted by Crippen LogP contribution is -2.43. The largest absolute Gasteiger partial charge is 0.468 e. The molecule has 0 unspecified atom stereocenters. The Morgan fingerprint density at radius 3 is 2.19 bits per heavy atom. The number of hydrogen-bond donors (Lipinski definition) is 0. The van der Waals surface area contributed by atoms with Crippen molar-refractivity contribution in [2.75, 3.05) is 25.1 Å². The van der Waals surface area contributed by atoms with E-state index in [4.69, 9.17) is 9.47 Å². The number of carbonyl (C=O) groups is 2. The smallest absolute Gasteiger partial charge is 0.323 e. The molecule has 168 valence electrons. The zero-order valence-electron chi connectivity index (χ0n) is 18.5. The van der Waals surface area contributed by atoms with Crippen molar-refractivity contribution in [3.05, 3.63) is 64.7 Å². The summed E-state index contributed by atoms with van der Waals surface area (Å²) in [5.74, 6) is -1.33. The summed E-state index contributed by atoms with van der Waals surface area (Å²) in [4.78, 5) is 25.7. The van der Waals surface area contributed by atoms with Crippen LogP contribution in [0, 0.1) is 19.3 Å². The summed E-state index contributed by atoms with van der Waals surface area (Å²) in [6.07, 6.45) is 1.90. The minimum Gasteiger partial charge on any atom is -0.468 e. The highest BCUT2D eigenvalue weighted by atomic mass is 32.2. The van der Waals surface area contributed by atoms with E-state index in [1.54, 1.807) is 36.4 Å². The van der Waals surface area contributed by atoms with Crippen molar-refractivity contribution in [1.29, 1.82) is 0 Å². The number of anilines is 1. The summed E-state index contributed by atoms with van der Waals surface area (Å²) in [5.41, 5.74) is 3.15. The second kappa shape index (κ2) is 7.78. The number of esters is 2. The van der Waals surface area contributed by atoms with Crippen molar-refractivity contribution >= 4 is 33.2 Å². The van der Waals surface area contributed by atoms with E-state index in [0.717, 1.165) is 27.8 Å². The third-order valence-corrected chi connectivity index (χ3v) is 8.14. The minimum absolute atomic E-state index is 0.0632. The zero-order chi connectivity index (χ0) is 23.3. The van der Waals surface area contributed by atoms with Crippen LogP contribution in [-0.4, -0.2) is 41.1 Å². The number of carbonyl (C=O) groups excluding carboxylic acids is 2. The molecule has 8 heteroatoms. The molecular weight excluding hydrogens is 430 g/mol. The van der Waals surface area contributed by atoms with E-state index in [1.807, 2.05) is 19.9 Å². The van der Waals surface area contributed by atoms with Gasteiger partial charge in [0.15, 0.2) is 5.41 Å². The van der Waals surface area contributed by atoms with Crippen molar-refractivity contribution in [3.63, 3.8) is 0 Å². The van der Waals surface area contributed by atoms with Crippen molar-refractivity contribution in [2.24, 2.45) is 5.41 Å². The molecular formula is C24H25NO6S. The number of sulfonamides is 1. The molecule has 0 saturated heterocycles. The van der Waals surface area contributed by atoms with E-state index < -0.39 is 27.4 Å². The van der Waals surface area contributed by atoms with Crippen molar-refractivity contribution < 1.29 is 27.5 Å². The molecule has 2 aromatic carbocycles. The number of ether oxygens (including phenoxy) is 2. The molecule has 32 heavy (non-hydrogen) atoms. The van der Waals surface area contributed by atoms with Crippen LogP contribution in [-0.2, 0) is 35.5 Å². The number of hydrogen-bond acceptors (Lipinski definition) is 6. The Morgan fingerprint density at radius 2 is 1.59 bits per heavy atom. The standard InChI is InChI=1S/C24H25NO6S/c1-15-5-8-18(9-6-15)32(28,29)25-14-17-11-12-24(22(26)30-3,23(27)31-4)13-19-16(2)7-10-20(25)21(17)19/h5-11H,12-14H2,1-4H3. The first kappa shape index (κ1) is 22.1. The first-order valence-corrected chi connectivity index (χ1v) is 11.7. The van der Waals surface area contributed by atoms with Crippen LogP contribution in [0.5, 0.6) is 0 Å². The highest BCUT2D eigenvalue weighted by Crippen LogP contribution is 2.47. The van der Waals surface area contributed by atoms with Gasteiger partial charge in [0, 0.05) is 12.0 Å². The molecule has 0 aromatic heterocycles. The van der Waals surface area contributed by atoms with Crippen LogP contribution >= 0.6 is 0 Å². The van der Waals surface area contributed by atoms with Gasteiger partial charge in [0.25, 0.3) is 10.0 Å². The van der Waals surface area contributed by atoms with E-state index in [1.165, 1.54) is 18.5 Å². The third kappa shape index (κ3) is 3.21. The maximum Gasteiger partial charge on any atom is 0.323 e. The van der Waals surface area contributed by atoms with E-state index in [0.29, 0.717) is 5.69 Å². The van der Waals surface area contributed by atoms with Crippen LogP contribution in [0.4, 0.5) is 5.69 Å². The molecule has 7 nitrogen and oxygen atoms in total. The molecule has 0 spiro atoms. The Labute approximate surface area is 187 Å².